The van der Waals surface area contributed by atoms with Crippen molar-refractivity contribution in [1.29, 1.82) is 0 Å². The summed E-state index contributed by atoms with van der Waals surface area (Å²) in [6.45, 7) is 3.22. The lowest BCUT2D eigenvalue weighted by molar-refractivity contribution is -0.129. The topological polar surface area (TPSA) is 60.5 Å². The van der Waals surface area contributed by atoms with Crippen molar-refractivity contribution in [3.63, 3.8) is 0 Å². The number of hydrogen-bond donors (Lipinski definition) is 0. The first kappa shape index (κ1) is 17.8. The molecule has 0 aliphatic carbocycles. The largest absolute Gasteiger partial charge is 0.379 e. The summed E-state index contributed by atoms with van der Waals surface area (Å²) in [5, 5.41) is 5.10. The van der Waals surface area contributed by atoms with Crippen molar-refractivity contribution in [2.45, 2.75) is 25.9 Å². The van der Waals surface area contributed by atoms with Crippen LogP contribution in [-0.2, 0) is 29.4 Å². The van der Waals surface area contributed by atoms with Crippen LogP contribution in [0.2, 0.25) is 0 Å². The van der Waals surface area contributed by atoms with Crippen molar-refractivity contribution in [2.24, 2.45) is 13.0 Å². The van der Waals surface area contributed by atoms with E-state index in [1.807, 2.05) is 37.1 Å². The second-order valence-electron chi connectivity index (χ2n) is 7.43. The van der Waals surface area contributed by atoms with Gasteiger partial charge in [0.25, 0.3) is 0 Å². The van der Waals surface area contributed by atoms with Gasteiger partial charge in [-0.1, -0.05) is 23.4 Å². The Labute approximate surface area is 158 Å². The molecule has 0 bridgehead atoms. The molecule has 2 aromatic heterocycles. The predicted octanol–water partition coefficient (Wildman–Crippen LogP) is 2.73. The Morgan fingerprint density at radius 2 is 2.15 bits per heavy atom. The molecule has 0 unspecified atom stereocenters. The first-order valence-corrected chi connectivity index (χ1v) is 9.31. The molecular weight excluding hydrogens is 342 g/mol. The van der Waals surface area contributed by atoms with Gasteiger partial charge in [-0.25, -0.2) is 0 Å². The normalized spacial score (nSPS) is 19.9. The van der Waals surface area contributed by atoms with Crippen LogP contribution in [-0.4, -0.2) is 46.8 Å². The van der Waals surface area contributed by atoms with Crippen LogP contribution in [0.25, 0.3) is 10.9 Å². The standard InChI is InChI=1S/C21H25N3O3/c1-14-8-17(27-22-14)9-16-12-24(13-20(16)26-3)21(25)10-15-11-23(2)19-7-5-4-6-18(15)19/h4-8,11,16,20H,9-10,12-13H2,1-3H3/t16-,20+/m1/s1. The quantitative estimate of drug-likeness (QED) is 0.696. The minimum absolute atomic E-state index is 0.0203. The number of rotatable bonds is 5. The summed E-state index contributed by atoms with van der Waals surface area (Å²) in [7, 11) is 3.73. The second-order valence-corrected chi connectivity index (χ2v) is 7.43. The second kappa shape index (κ2) is 7.19. The number of fused-ring (bicyclic) bond motifs is 1. The molecule has 3 aromatic rings. The number of aromatic nitrogens is 2. The predicted molar refractivity (Wildman–Crippen MR) is 102 cm³/mol. The fourth-order valence-corrected chi connectivity index (χ4v) is 4.12. The third kappa shape index (κ3) is 3.49. The Kier molecular flexibility index (Phi) is 4.74. The maximum atomic E-state index is 13.0. The van der Waals surface area contributed by atoms with Crippen molar-refractivity contribution >= 4 is 16.8 Å². The fourth-order valence-electron chi connectivity index (χ4n) is 4.12. The molecule has 27 heavy (non-hydrogen) atoms. The Hall–Kier alpha value is -2.60. The number of ether oxygens (including phenoxy) is 1. The van der Waals surface area contributed by atoms with Gasteiger partial charge in [0, 0.05) is 62.8 Å². The third-order valence-electron chi connectivity index (χ3n) is 5.50. The number of amides is 1. The summed E-state index contributed by atoms with van der Waals surface area (Å²) in [6.07, 6.45) is 3.22. The molecule has 6 heteroatoms. The molecule has 1 aliphatic rings. The van der Waals surface area contributed by atoms with Crippen LogP contribution in [0.1, 0.15) is 17.0 Å². The van der Waals surface area contributed by atoms with Crippen LogP contribution in [0, 0.1) is 12.8 Å². The number of para-hydroxylation sites is 1. The zero-order chi connectivity index (χ0) is 19.0. The molecular formula is C21H25N3O3. The summed E-state index contributed by atoms with van der Waals surface area (Å²) < 4.78 is 13.1. The molecule has 1 saturated heterocycles. The summed E-state index contributed by atoms with van der Waals surface area (Å²) in [4.78, 5) is 14.9. The van der Waals surface area contributed by atoms with Gasteiger partial charge in [-0.3, -0.25) is 4.79 Å². The summed E-state index contributed by atoms with van der Waals surface area (Å²) >= 11 is 0. The van der Waals surface area contributed by atoms with E-state index in [-0.39, 0.29) is 17.9 Å². The highest BCUT2D eigenvalue weighted by atomic mass is 16.5. The lowest BCUT2D eigenvalue weighted by Gasteiger charge is -2.15. The molecule has 6 nitrogen and oxygen atoms in total. The van der Waals surface area contributed by atoms with Crippen molar-refractivity contribution in [3.8, 4) is 0 Å². The summed E-state index contributed by atoms with van der Waals surface area (Å²) in [6, 6.07) is 10.1. The smallest absolute Gasteiger partial charge is 0.227 e. The van der Waals surface area contributed by atoms with E-state index in [0.717, 1.165) is 34.3 Å². The van der Waals surface area contributed by atoms with E-state index < -0.39 is 0 Å². The Morgan fingerprint density at radius 1 is 1.33 bits per heavy atom. The van der Waals surface area contributed by atoms with E-state index in [1.54, 1.807) is 7.11 Å². The highest BCUT2D eigenvalue weighted by Crippen LogP contribution is 2.26. The minimum Gasteiger partial charge on any atom is -0.379 e. The Morgan fingerprint density at radius 3 is 2.89 bits per heavy atom. The van der Waals surface area contributed by atoms with E-state index in [4.69, 9.17) is 9.26 Å². The third-order valence-corrected chi connectivity index (χ3v) is 5.50. The van der Waals surface area contributed by atoms with E-state index in [9.17, 15) is 4.79 Å². The number of carbonyl (C=O) groups is 1. The Bertz CT molecular complexity index is 959. The van der Waals surface area contributed by atoms with Gasteiger partial charge in [0.05, 0.1) is 18.2 Å². The number of likely N-dealkylation sites (tertiary alicyclic amines) is 1. The summed E-state index contributed by atoms with van der Waals surface area (Å²) in [5.41, 5.74) is 3.09. The van der Waals surface area contributed by atoms with Gasteiger partial charge in [0.2, 0.25) is 5.91 Å². The SMILES string of the molecule is CO[C@H]1CN(C(=O)Cc2cn(C)c3ccccc23)C[C@H]1Cc1cc(C)no1. The van der Waals surface area contributed by atoms with Gasteiger partial charge in [-0.2, -0.15) is 0 Å². The first-order valence-electron chi connectivity index (χ1n) is 9.31. The van der Waals surface area contributed by atoms with Crippen LogP contribution in [0.15, 0.2) is 41.1 Å². The number of nitrogens with zero attached hydrogens (tertiary/aromatic N) is 3. The molecule has 3 heterocycles. The molecule has 0 saturated carbocycles. The molecule has 1 amide bonds. The van der Waals surface area contributed by atoms with Crippen molar-refractivity contribution in [2.75, 3.05) is 20.2 Å². The van der Waals surface area contributed by atoms with Crippen molar-refractivity contribution < 1.29 is 14.1 Å². The van der Waals surface area contributed by atoms with Crippen LogP contribution >= 0.6 is 0 Å². The Balaban J connectivity index is 1.47. The fraction of sp³-hybridized carbons (Fsp3) is 0.429. The van der Waals surface area contributed by atoms with Crippen LogP contribution < -0.4 is 0 Å². The number of hydrogen-bond acceptors (Lipinski definition) is 4. The average Bonchev–Trinajstić information content (AvgIpc) is 3.34. The lowest BCUT2D eigenvalue weighted by atomic mass is 10.0. The maximum Gasteiger partial charge on any atom is 0.227 e. The molecule has 1 aromatic carbocycles. The van der Waals surface area contributed by atoms with Gasteiger partial charge in [-0.05, 0) is 18.6 Å². The van der Waals surface area contributed by atoms with Crippen LogP contribution in [0.4, 0.5) is 0 Å². The number of carbonyl (C=O) groups excluding carboxylic acids is 1. The van der Waals surface area contributed by atoms with Gasteiger partial charge in [0.15, 0.2) is 0 Å². The molecule has 1 fully saturated rings. The zero-order valence-electron chi connectivity index (χ0n) is 16.0. The highest BCUT2D eigenvalue weighted by Gasteiger charge is 2.36. The molecule has 0 radical (unpaired) electrons. The van der Waals surface area contributed by atoms with Crippen molar-refractivity contribution in [1.82, 2.24) is 14.6 Å². The van der Waals surface area contributed by atoms with E-state index in [2.05, 4.69) is 28.1 Å². The first-order chi connectivity index (χ1) is 13.0. The van der Waals surface area contributed by atoms with Gasteiger partial charge in [0.1, 0.15) is 5.76 Å². The molecule has 2 atom stereocenters. The lowest BCUT2D eigenvalue weighted by Crippen LogP contribution is -2.31. The molecule has 0 N–H and O–H groups in total. The minimum atomic E-state index is 0.0203. The van der Waals surface area contributed by atoms with Crippen molar-refractivity contribution in [3.05, 3.63) is 53.5 Å². The van der Waals surface area contributed by atoms with Gasteiger partial charge < -0.3 is 18.7 Å². The molecule has 4 rings (SSSR count). The summed E-state index contributed by atoms with van der Waals surface area (Å²) in [5.74, 6) is 1.21. The van der Waals surface area contributed by atoms with E-state index >= 15 is 0 Å². The average molecular weight is 367 g/mol. The zero-order valence-corrected chi connectivity index (χ0v) is 16.0. The van der Waals surface area contributed by atoms with Gasteiger partial charge >= 0.3 is 0 Å². The molecule has 1 aliphatic heterocycles. The number of benzene rings is 1. The van der Waals surface area contributed by atoms with Crippen LogP contribution in [0.3, 0.4) is 0 Å². The number of aryl methyl sites for hydroxylation is 2. The monoisotopic (exact) mass is 367 g/mol. The highest BCUT2D eigenvalue weighted by molar-refractivity contribution is 5.89. The maximum absolute atomic E-state index is 13.0. The van der Waals surface area contributed by atoms with E-state index in [0.29, 0.717) is 19.5 Å². The molecule has 0 spiro atoms. The van der Waals surface area contributed by atoms with E-state index in [1.165, 1.54) is 0 Å². The molecule has 142 valence electrons. The van der Waals surface area contributed by atoms with Crippen LogP contribution in [0.5, 0.6) is 0 Å². The van der Waals surface area contributed by atoms with Gasteiger partial charge in [-0.15, -0.1) is 0 Å². The number of methoxy groups -OCH3 is 1.